The molecule has 0 saturated carbocycles. The summed E-state index contributed by atoms with van der Waals surface area (Å²) in [5, 5.41) is 0. The fraction of sp³-hybridized carbons (Fsp3) is 0.455. The van der Waals surface area contributed by atoms with Crippen molar-refractivity contribution in [3.63, 3.8) is 0 Å². The molecule has 1 aliphatic heterocycles. The van der Waals surface area contributed by atoms with Gasteiger partial charge in [0.2, 0.25) is 0 Å². The first-order valence-electron chi connectivity index (χ1n) is 9.60. The summed E-state index contributed by atoms with van der Waals surface area (Å²) in [5.74, 6) is 2.35. The lowest BCUT2D eigenvalue weighted by Crippen LogP contribution is -2.46. The maximum atomic E-state index is 5.82. The van der Waals surface area contributed by atoms with E-state index in [1.54, 1.807) is 0 Å². The normalized spacial score (nSPS) is 20.4. The average molecular weight is 371 g/mol. The van der Waals surface area contributed by atoms with Gasteiger partial charge in [-0.3, -0.25) is 4.90 Å². The number of benzene rings is 2. The van der Waals surface area contributed by atoms with E-state index in [2.05, 4.69) is 18.7 Å². The van der Waals surface area contributed by atoms with Gasteiger partial charge in [0.25, 0.3) is 0 Å². The third kappa shape index (κ3) is 6.86. The molecule has 0 spiro atoms. The van der Waals surface area contributed by atoms with Gasteiger partial charge in [0.15, 0.2) is 0 Å². The Balaban J connectivity index is 1.33. The molecule has 0 N–H and O–H groups in total. The van der Waals surface area contributed by atoms with Gasteiger partial charge in [-0.2, -0.15) is 0 Å². The van der Waals surface area contributed by atoms with Crippen LogP contribution in [0.5, 0.6) is 17.2 Å². The molecule has 2 unspecified atom stereocenters. The van der Waals surface area contributed by atoms with Crippen LogP contribution in [0.3, 0.4) is 0 Å². The molecule has 1 heterocycles. The van der Waals surface area contributed by atoms with E-state index in [9.17, 15) is 0 Å². The van der Waals surface area contributed by atoms with Crippen molar-refractivity contribution in [3.8, 4) is 17.2 Å². The molecule has 1 fully saturated rings. The zero-order valence-corrected chi connectivity index (χ0v) is 16.2. The topological polar surface area (TPSA) is 40.2 Å². The second-order valence-corrected chi connectivity index (χ2v) is 6.87. The molecule has 0 aromatic heterocycles. The van der Waals surface area contributed by atoms with Crippen molar-refractivity contribution in [3.05, 3.63) is 54.6 Å². The Labute approximate surface area is 161 Å². The second kappa shape index (κ2) is 10.3. The number of hydrogen-bond acceptors (Lipinski definition) is 5. The summed E-state index contributed by atoms with van der Waals surface area (Å²) in [6.45, 7) is 8.90. The number of hydrogen-bond donors (Lipinski definition) is 0. The Morgan fingerprint density at radius 3 is 2.33 bits per heavy atom. The van der Waals surface area contributed by atoms with Crippen LogP contribution in [-0.4, -0.2) is 56.6 Å². The maximum absolute atomic E-state index is 5.82. The van der Waals surface area contributed by atoms with E-state index >= 15 is 0 Å². The van der Waals surface area contributed by atoms with Crippen molar-refractivity contribution >= 4 is 0 Å². The van der Waals surface area contributed by atoms with Crippen molar-refractivity contribution < 1.29 is 18.9 Å². The second-order valence-electron chi connectivity index (χ2n) is 6.87. The fourth-order valence-electron chi connectivity index (χ4n) is 3.23. The van der Waals surface area contributed by atoms with E-state index in [4.69, 9.17) is 18.9 Å². The van der Waals surface area contributed by atoms with Crippen LogP contribution >= 0.6 is 0 Å². The summed E-state index contributed by atoms with van der Waals surface area (Å²) in [5.41, 5.74) is 0. The third-order valence-corrected chi connectivity index (χ3v) is 4.33. The van der Waals surface area contributed by atoms with E-state index in [-0.39, 0.29) is 0 Å². The van der Waals surface area contributed by atoms with Gasteiger partial charge in [0, 0.05) is 25.7 Å². The Kier molecular flexibility index (Phi) is 7.51. The quantitative estimate of drug-likeness (QED) is 0.624. The zero-order chi connectivity index (χ0) is 18.9. The number of para-hydroxylation sites is 1. The molecule has 2 atom stereocenters. The molecule has 0 bridgehead atoms. The highest BCUT2D eigenvalue weighted by atomic mass is 16.5. The summed E-state index contributed by atoms with van der Waals surface area (Å²) >= 11 is 0. The molecule has 5 nitrogen and oxygen atoms in total. The minimum absolute atomic E-state index is 0.294. The number of morpholine rings is 1. The SMILES string of the molecule is CC1CN(CCOCCOc2cccc(Oc3ccccc3)c2)CC(C)O1. The van der Waals surface area contributed by atoms with Crippen molar-refractivity contribution in [1.29, 1.82) is 0 Å². The van der Waals surface area contributed by atoms with Crippen molar-refractivity contribution in [2.24, 2.45) is 0 Å². The van der Waals surface area contributed by atoms with Crippen LogP contribution in [0.1, 0.15) is 13.8 Å². The lowest BCUT2D eigenvalue weighted by molar-refractivity contribution is -0.0734. The third-order valence-electron chi connectivity index (χ3n) is 4.33. The summed E-state index contributed by atoms with van der Waals surface area (Å²) in [7, 11) is 0. The van der Waals surface area contributed by atoms with Crippen LogP contribution in [0.4, 0.5) is 0 Å². The first-order chi connectivity index (χ1) is 13.2. The Bertz CT molecular complexity index is 669. The maximum Gasteiger partial charge on any atom is 0.131 e. The van der Waals surface area contributed by atoms with Gasteiger partial charge in [-0.1, -0.05) is 24.3 Å². The largest absolute Gasteiger partial charge is 0.491 e. The molecule has 1 saturated heterocycles. The Hall–Kier alpha value is -2.08. The smallest absolute Gasteiger partial charge is 0.131 e. The predicted molar refractivity (Wildman–Crippen MR) is 106 cm³/mol. The van der Waals surface area contributed by atoms with Gasteiger partial charge in [0.1, 0.15) is 23.9 Å². The molecule has 2 aromatic carbocycles. The summed E-state index contributed by atoms with van der Waals surface area (Å²) in [6.07, 6.45) is 0.588. The van der Waals surface area contributed by atoms with E-state index in [0.29, 0.717) is 32.0 Å². The molecule has 0 aliphatic carbocycles. The van der Waals surface area contributed by atoms with Crippen molar-refractivity contribution in [2.75, 3.05) is 39.5 Å². The van der Waals surface area contributed by atoms with Crippen LogP contribution in [0, 0.1) is 0 Å². The highest BCUT2D eigenvalue weighted by Crippen LogP contribution is 2.24. The van der Waals surface area contributed by atoms with Crippen molar-refractivity contribution in [1.82, 2.24) is 4.90 Å². The van der Waals surface area contributed by atoms with Gasteiger partial charge in [0.05, 0.1) is 25.4 Å². The minimum Gasteiger partial charge on any atom is -0.491 e. The van der Waals surface area contributed by atoms with Gasteiger partial charge >= 0.3 is 0 Å². The Morgan fingerprint density at radius 2 is 1.56 bits per heavy atom. The van der Waals surface area contributed by atoms with Crippen LogP contribution in [0.2, 0.25) is 0 Å². The summed E-state index contributed by atoms with van der Waals surface area (Å²) in [6, 6.07) is 17.4. The monoisotopic (exact) mass is 371 g/mol. The number of rotatable bonds is 9. The first kappa shape index (κ1) is 19.7. The van der Waals surface area contributed by atoms with Gasteiger partial charge in [-0.05, 0) is 38.1 Å². The van der Waals surface area contributed by atoms with Crippen LogP contribution in [0.25, 0.3) is 0 Å². The summed E-state index contributed by atoms with van der Waals surface area (Å²) in [4.78, 5) is 2.39. The Morgan fingerprint density at radius 1 is 0.852 bits per heavy atom. The van der Waals surface area contributed by atoms with Gasteiger partial charge < -0.3 is 18.9 Å². The molecule has 0 radical (unpaired) electrons. The molecule has 0 amide bonds. The van der Waals surface area contributed by atoms with Gasteiger partial charge in [-0.15, -0.1) is 0 Å². The molecule has 5 heteroatoms. The minimum atomic E-state index is 0.294. The molecule has 1 aliphatic rings. The first-order valence-corrected chi connectivity index (χ1v) is 9.60. The van der Waals surface area contributed by atoms with E-state index in [0.717, 1.165) is 36.9 Å². The number of ether oxygens (including phenoxy) is 4. The lowest BCUT2D eigenvalue weighted by atomic mass is 10.2. The van der Waals surface area contributed by atoms with E-state index in [1.807, 2.05) is 54.6 Å². The highest BCUT2D eigenvalue weighted by molar-refractivity contribution is 5.36. The molecule has 27 heavy (non-hydrogen) atoms. The fourth-order valence-corrected chi connectivity index (χ4v) is 3.23. The molecular formula is C22H29NO4. The average Bonchev–Trinajstić information content (AvgIpc) is 2.65. The molecule has 3 rings (SSSR count). The highest BCUT2D eigenvalue weighted by Gasteiger charge is 2.21. The van der Waals surface area contributed by atoms with Gasteiger partial charge in [-0.25, -0.2) is 0 Å². The number of nitrogens with zero attached hydrogens (tertiary/aromatic N) is 1. The summed E-state index contributed by atoms with van der Waals surface area (Å²) < 4.78 is 23.1. The predicted octanol–water partition coefficient (Wildman–Crippen LogP) is 3.98. The molecule has 2 aromatic rings. The molecule has 146 valence electrons. The lowest BCUT2D eigenvalue weighted by Gasteiger charge is -2.35. The standard InChI is InChI=1S/C22H29NO4/c1-18-16-23(17-19(2)26-18)11-12-24-13-14-25-21-9-6-10-22(15-21)27-20-7-4-3-5-8-20/h3-10,15,18-19H,11-14,16-17H2,1-2H3. The van der Waals surface area contributed by atoms with E-state index in [1.165, 1.54) is 0 Å². The van der Waals surface area contributed by atoms with E-state index < -0.39 is 0 Å². The molecular weight excluding hydrogens is 342 g/mol. The van der Waals surface area contributed by atoms with Crippen LogP contribution < -0.4 is 9.47 Å². The van der Waals surface area contributed by atoms with Crippen LogP contribution in [-0.2, 0) is 9.47 Å². The van der Waals surface area contributed by atoms with Crippen LogP contribution in [0.15, 0.2) is 54.6 Å². The van der Waals surface area contributed by atoms with Crippen molar-refractivity contribution in [2.45, 2.75) is 26.1 Å². The zero-order valence-electron chi connectivity index (χ0n) is 16.2.